The summed E-state index contributed by atoms with van der Waals surface area (Å²) in [4.78, 5) is 26.6. The van der Waals surface area contributed by atoms with E-state index in [-0.39, 0.29) is 17.7 Å². The van der Waals surface area contributed by atoms with Gasteiger partial charge in [0.15, 0.2) is 5.75 Å². The zero-order chi connectivity index (χ0) is 19.1. The van der Waals surface area contributed by atoms with Crippen molar-refractivity contribution >= 4 is 17.5 Å². The lowest BCUT2D eigenvalue weighted by Crippen LogP contribution is -2.41. The smallest absolute Gasteiger partial charge is 0.227 e. The van der Waals surface area contributed by atoms with Crippen molar-refractivity contribution in [2.45, 2.75) is 32.6 Å². The minimum Gasteiger partial charge on any atom is -0.455 e. The van der Waals surface area contributed by atoms with Gasteiger partial charge in [-0.2, -0.15) is 0 Å². The average molecular weight is 366 g/mol. The first-order valence-electron chi connectivity index (χ1n) is 9.58. The van der Waals surface area contributed by atoms with E-state index in [1.165, 1.54) is 0 Å². The Hall–Kier alpha value is -2.82. The molecular weight excluding hydrogens is 340 g/mol. The normalized spacial score (nSPS) is 14.6. The van der Waals surface area contributed by atoms with Crippen LogP contribution in [-0.4, -0.2) is 29.8 Å². The quantitative estimate of drug-likeness (QED) is 0.821. The number of nitrogens with zero attached hydrogens (tertiary/aromatic N) is 1. The number of benzene rings is 2. The zero-order valence-electron chi connectivity index (χ0n) is 15.7. The molecule has 0 radical (unpaired) electrons. The van der Waals surface area contributed by atoms with Gasteiger partial charge >= 0.3 is 0 Å². The number of amides is 2. The number of rotatable bonds is 6. The van der Waals surface area contributed by atoms with Gasteiger partial charge in [0.05, 0.1) is 5.69 Å². The summed E-state index contributed by atoms with van der Waals surface area (Å²) in [5.41, 5.74) is 0.663. The number of piperidine rings is 1. The largest absolute Gasteiger partial charge is 0.455 e. The van der Waals surface area contributed by atoms with Crippen molar-refractivity contribution in [3.8, 4) is 11.5 Å². The van der Waals surface area contributed by atoms with E-state index >= 15 is 0 Å². The van der Waals surface area contributed by atoms with Crippen molar-refractivity contribution in [3.05, 3.63) is 54.6 Å². The van der Waals surface area contributed by atoms with Crippen molar-refractivity contribution in [1.29, 1.82) is 0 Å². The standard InChI is InChI=1S/C22H26N2O3/c1-2-8-21(25)24-15-13-17(14-16-24)22(26)23-19-11-6-7-12-20(19)27-18-9-4-3-5-10-18/h3-7,9-12,17H,2,8,13-16H2,1H3,(H,23,26). The minimum absolute atomic E-state index is 0.0123. The molecule has 5 nitrogen and oxygen atoms in total. The summed E-state index contributed by atoms with van der Waals surface area (Å²) in [5, 5.41) is 3.00. The molecule has 2 aromatic rings. The number of nitrogens with one attached hydrogen (secondary N) is 1. The van der Waals surface area contributed by atoms with Crippen LogP contribution < -0.4 is 10.1 Å². The number of carbonyl (C=O) groups is 2. The number of anilines is 1. The van der Waals surface area contributed by atoms with Crippen molar-refractivity contribution in [3.63, 3.8) is 0 Å². The maximum atomic E-state index is 12.7. The van der Waals surface area contributed by atoms with Crippen LogP contribution in [0.2, 0.25) is 0 Å². The Labute approximate surface area is 160 Å². The second-order valence-electron chi connectivity index (χ2n) is 6.81. The number of carbonyl (C=O) groups excluding carboxylic acids is 2. The number of para-hydroxylation sites is 3. The highest BCUT2D eigenvalue weighted by atomic mass is 16.5. The van der Waals surface area contributed by atoms with Gasteiger partial charge in [-0.15, -0.1) is 0 Å². The lowest BCUT2D eigenvalue weighted by Gasteiger charge is -2.31. The van der Waals surface area contributed by atoms with Gasteiger partial charge in [0.2, 0.25) is 11.8 Å². The van der Waals surface area contributed by atoms with Crippen molar-refractivity contribution in [2.75, 3.05) is 18.4 Å². The van der Waals surface area contributed by atoms with Gasteiger partial charge in [0.25, 0.3) is 0 Å². The number of ether oxygens (including phenoxy) is 1. The van der Waals surface area contributed by atoms with Gasteiger partial charge in [-0.25, -0.2) is 0 Å². The molecule has 0 unspecified atom stereocenters. The Kier molecular flexibility index (Phi) is 6.47. The maximum absolute atomic E-state index is 12.7. The molecule has 0 aromatic heterocycles. The molecule has 2 amide bonds. The third-order valence-corrected chi connectivity index (χ3v) is 4.80. The van der Waals surface area contributed by atoms with E-state index in [0.717, 1.165) is 12.2 Å². The van der Waals surface area contributed by atoms with Gasteiger partial charge in [-0.05, 0) is 43.5 Å². The average Bonchev–Trinajstić information content (AvgIpc) is 2.70. The van der Waals surface area contributed by atoms with Crippen molar-refractivity contribution < 1.29 is 14.3 Å². The molecule has 0 spiro atoms. The summed E-state index contributed by atoms with van der Waals surface area (Å²) >= 11 is 0. The molecule has 2 aromatic carbocycles. The molecule has 1 N–H and O–H groups in total. The molecule has 27 heavy (non-hydrogen) atoms. The van der Waals surface area contributed by atoms with Gasteiger partial charge in [0, 0.05) is 25.4 Å². The second kappa shape index (κ2) is 9.21. The molecular formula is C22H26N2O3. The molecule has 3 rings (SSSR count). The SMILES string of the molecule is CCCC(=O)N1CCC(C(=O)Nc2ccccc2Oc2ccccc2)CC1. The predicted molar refractivity (Wildman–Crippen MR) is 106 cm³/mol. The van der Waals surface area contributed by atoms with Crippen LogP contribution in [0.4, 0.5) is 5.69 Å². The van der Waals surface area contributed by atoms with E-state index in [2.05, 4.69) is 5.32 Å². The summed E-state index contributed by atoms with van der Waals surface area (Å²) < 4.78 is 5.91. The summed E-state index contributed by atoms with van der Waals surface area (Å²) in [6, 6.07) is 16.9. The van der Waals surface area contributed by atoms with Crippen LogP contribution in [0.25, 0.3) is 0 Å². The maximum Gasteiger partial charge on any atom is 0.227 e. The summed E-state index contributed by atoms with van der Waals surface area (Å²) in [6.07, 6.45) is 2.84. The van der Waals surface area contributed by atoms with Gasteiger partial charge < -0.3 is 15.0 Å². The van der Waals surface area contributed by atoms with E-state index in [9.17, 15) is 9.59 Å². The van der Waals surface area contributed by atoms with E-state index in [4.69, 9.17) is 4.74 Å². The summed E-state index contributed by atoms with van der Waals surface area (Å²) in [7, 11) is 0. The molecule has 0 aliphatic carbocycles. The molecule has 5 heteroatoms. The predicted octanol–water partition coefficient (Wildman–Crippen LogP) is 4.46. The Morgan fingerprint density at radius 2 is 1.70 bits per heavy atom. The second-order valence-corrected chi connectivity index (χ2v) is 6.81. The van der Waals surface area contributed by atoms with E-state index < -0.39 is 0 Å². The Morgan fingerprint density at radius 3 is 2.41 bits per heavy atom. The molecule has 1 saturated heterocycles. The van der Waals surface area contributed by atoms with Crippen LogP contribution in [0.5, 0.6) is 11.5 Å². The first-order chi connectivity index (χ1) is 13.2. The molecule has 1 fully saturated rings. The fourth-order valence-electron chi connectivity index (χ4n) is 3.27. The lowest BCUT2D eigenvalue weighted by atomic mass is 9.95. The van der Waals surface area contributed by atoms with Crippen molar-refractivity contribution in [1.82, 2.24) is 4.90 Å². The lowest BCUT2D eigenvalue weighted by molar-refractivity contribution is -0.134. The number of hydrogen-bond donors (Lipinski definition) is 1. The highest BCUT2D eigenvalue weighted by Crippen LogP contribution is 2.30. The summed E-state index contributed by atoms with van der Waals surface area (Å²) in [6.45, 7) is 3.31. The van der Waals surface area contributed by atoms with Crippen molar-refractivity contribution in [2.24, 2.45) is 5.92 Å². The molecule has 1 heterocycles. The molecule has 0 bridgehead atoms. The number of likely N-dealkylation sites (tertiary alicyclic amines) is 1. The van der Waals surface area contributed by atoms with Crippen LogP contribution >= 0.6 is 0 Å². The molecule has 142 valence electrons. The molecule has 0 atom stereocenters. The highest BCUT2D eigenvalue weighted by molar-refractivity contribution is 5.94. The van der Waals surface area contributed by atoms with E-state index in [0.29, 0.717) is 43.8 Å². The van der Waals surface area contributed by atoms with Crippen LogP contribution in [0, 0.1) is 5.92 Å². The topological polar surface area (TPSA) is 58.6 Å². The summed E-state index contributed by atoms with van der Waals surface area (Å²) in [5.74, 6) is 1.44. The van der Waals surface area contributed by atoms with E-state index in [1.54, 1.807) is 0 Å². The highest BCUT2D eigenvalue weighted by Gasteiger charge is 2.27. The van der Waals surface area contributed by atoms with Crippen LogP contribution in [-0.2, 0) is 9.59 Å². The van der Waals surface area contributed by atoms with E-state index in [1.807, 2.05) is 66.4 Å². The van der Waals surface area contributed by atoms with Crippen LogP contribution in [0.15, 0.2) is 54.6 Å². The number of hydrogen-bond acceptors (Lipinski definition) is 3. The third kappa shape index (κ3) is 5.09. The van der Waals surface area contributed by atoms with Crippen LogP contribution in [0.1, 0.15) is 32.6 Å². The third-order valence-electron chi connectivity index (χ3n) is 4.80. The molecule has 0 saturated carbocycles. The fourth-order valence-corrected chi connectivity index (χ4v) is 3.27. The Bertz CT molecular complexity index is 768. The first-order valence-corrected chi connectivity index (χ1v) is 9.58. The van der Waals surface area contributed by atoms with Crippen LogP contribution in [0.3, 0.4) is 0 Å². The molecule has 1 aliphatic rings. The minimum atomic E-state index is -0.0829. The first kappa shape index (κ1) is 19.0. The molecule has 1 aliphatic heterocycles. The monoisotopic (exact) mass is 366 g/mol. The Balaban J connectivity index is 1.60. The fraction of sp³-hybridized carbons (Fsp3) is 0.364. The van der Waals surface area contributed by atoms with Gasteiger partial charge in [0.1, 0.15) is 5.75 Å². The Morgan fingerprint density at radius 1 is 1.04 bits per heavy atom. The zero-order valence-corrected chi connectivity index (χ0v) is 15.7. The van der Waals surface area contributed by atoms with Gasteiger partial charge in [-0.1, -0.05) is 37.3 Å². The van der Waals surface area contributed by atoms with Gasteiger partial charge in [-0.3, -0.25) is 9.59 Å².